The van der Waals surface area contributed by atoms with Crippen molar-refractivity contribution in [2.24, 2.45) is 0 Å². The number of nitrogens with one attached hydrogen (secondary N) is 1. The summed E-state index contributed by atoms with van der Waals surface area (Å²) in [7, 11) is -0.395. The lowest BCUT2D eigenvalue weighted by Gasteiger charge is -2.27. The first-order chi connectivity index (χ1) is 13.0. The third-order valence-electron chi connectivity index (χ3n) is 4.69. The van der Waals surface area contributed by atoms with Crippen LogP contribution in [-0.2, 0) is 14.8 Å². The van der Waals surface area contributed by atoms with Crippen molar-refractivity contribution in [3.8, 4) is 11.5 Å². The number of methoxy groups -OCH3 is 2. The Morgan fingerprint density at radius 2 is 1.78 bits per heavy atom. The standard InChI is InChI=1S/C17H22N4O5S/c1-24-14-9-12-13(10-15(14)25-2)18-17(21-5-7-26-8-6-21)19-16(12)20-27(22,23)11-3-4-11/h9-11H,3-8H2,1-2H3,(H,18,19,20). The molecule has 146 valence electrons. The van der Waals surface area contributed by atoms with Gasteiger partial charge in [-0.05, 0) is 18.9 Å². The largest absolute Gasteiger partial charge is 0.493 e. The molecule has 1 saturated heterocycles. The SMILES string of the molecule is COc1cc2nc(N3CCOCC3)nc(NS(=O)(=O)C3CC3)c2cc1OC. The summed E-state index contributed by atoms with van der Waals surface area (Å²) in [4.78, 5) is 11.1. The van der Waals surface area contributed by atoms with Gasteiger partial charge in [-0.25, -0.2) is 13.4 Å². The van der Waals surface area contributed by atoms with E-state index < -0.39 is 10.0 Å². The molecule has 2 aliphatic rings. The summed E-state index contributed by atoms with van der Waals surface area (Å²) in [5.74, 6) is 1.73. The molecule has 2 aromatic rings. The Labute approximate surface area is 157 Å². The van der Waals surface area contributed by atoms with Crippen LogP contribution < -0.4 is 19.1 Å². The predicted molar refractivity (Wildman–Crippen MR) is 101 cm³/mol. The zero-order valence-electron chi connectivity index (χ0n) is 15.3. The molecule has 27 heavy (non-hydrogen) atoms. The van der Waals surface area contributed by atoms with Gasteiger partial charge in [-0.1, -0.05) is 0 Å². The van der Waals surface area contributed by atoms with Crippen molar-refractivity contribution in [1.82, 2.24) is 9.97 Å². The number of fused-ring (bicyclic) bond motifs is 1. The minimum absolute atomic E-state index is 0.259. The molecule has 0 spiro atoms. The molecule has 0 amide bonds. The van der Waals surface area contributed by atoms with Gasteiger partial charge < -0.3 is 19.1 Å². The molecule has 1 aliphatic heterocycles. The molecule has 0 unspecified atom stereocenters. The number of sulfonamides is 1. The Hall–Kier alpha value is -2.33. The van der Waals surface area contributed by atoms with Gasteiger partial charge in [0.05, 0.1) is 38.2 Å². The van der Waals surface area contributed by atoms with Crippen molar-refractivity contribution in [1.29, 1.82) is 0 Å². The smallest absolute Gasteiger partial charge is 0.236 e. The van der Waals surface area contributed by atoms with Gasteiger partial charge in [-0.3, -0.25) is 4.72 Å². The lowest BCUT2D eigenvalue weighted by molar-refractivity contribution is 0.122. The Bertz CT molecular complexity index is 955. The van der Waals surface area contributed by atoms with Crippen molar-refractivity contribution in [2.45, 2.75) is 18.1 Å². The van der Waals surface area contributed by atoms with Crippen LogP contribution >= 0.6 is 0 Å². The first kappa shape index (κ1) is 18.1. The molecule has 0 atom stereocenters. The van der Waals surface area contributed by atoms with Crippen LogP contribution in [0.15, 0.2) is 12.1 Å². The summed E-state index contributed by atoms with van der Waals surface area (Å²) in [6.45, 7) is 2.45. The van der Waals surface area contributed by atoms with Crippen molar-refractivity contribution in [3.05, 3.63) is 12.1 Å². The highest BCUT2D eigenvalue weighted by atomic mass is 32.2. The third kappa shape index (κ3) is 3.59. The van der Waals surface area contributed by atoms with Crippen LogP contribution in [0, 0.1) is 0 Å². The number of ether oxygens (including phenoxy) is 3. The van der Waals surface area contributed by atoms with Crippen LogP contribution in [0.2, 0.25) is 0 Å². The van der Waals surface area contributed by atoms with E-state index in [-0.39, 0.29) is 11.1 Å². The lowest BCUT2D eigenvalue weighted by atomic mass is 10.2. The van der Waals surface area contributed by atoms with Gasteiger partial charge in [0, 0.05) is 24.5 Å². The monoisotopic (exact) mass is 394 g/mol. The molecule has 1 aromatic carbocycles. The number of nitrogens with zero attached hydrogens (tertiary/aromatic N) is 3. The van der Waals surface area contributed by atoms with Gasteiger partial charge in [0.15, 0.2) is 17.3 Å². The fraction of sp³-hybridized carbons (Fsp3) is 0.529. The summed E-state index contributed by atoms with van der Waals surface area (Å²) in [6.07, 6.45) is 1.34. The second-order valence-electron chi connectivity index (χ2n) is 6.54. The van der Waals surface area contributed by atoms with Crippen molar-refractivity contribution in [3.63, 3.8) is 0 Å². The van der Waals surface area contributed by atoms with Gasteiger partial charge in [0.2, 0.25) is 16.0 Å². The molecule has 0 bridgehead atoms. The summed E-state index contributed by atoms with van der Waals surface area (Å²) < 4.78 is 43.8. The number of aromatic nitrogens is 2. The number of hydrogen-bond acceptors (Lipinski definition) is 8. The number of anilines is 2. The summed E-state index contributed by atoms with van der Waals surface area (Å²) in [6, 6.07) is 3.43. The fourth-order valence-corrected chi connectivity index (χ4v) is 4.37. The van der Waals surface area contributed by atoms with Gasteiger partial charge >= 0.3 is 0 Å². The normalized spacial score (nSPS) is 17.8. The zero-order valence-corrected chi connectivity index (χ0v) is 16.1. The average Bonchev–Trinajstić information content (AvgIpc) is 3.53. The van der Waals surface area contributed by atoms with Crippen LogP contribution in [0.3, 0.4) is 0 Å². The Morgan fingerprint density at radius 3 is 2.41 bits per heavy atom. The van der Waals surface area contributed by atoms with E-state index in [9.17, 15) is 8.42 Å². The van der Waals surface area contributed by atoms with E-state index in [1.165, 1.54) is 7.11 Å². The molecular weight excluding hydrogens is 372 g/mol. The Kier molecular flexibility index (Phi) is 4.68. The van der Waals surface area contributed by atoms with Gasteiger partial charge in [-0.15, -0.1) is 0 Å². The third-order valence-corrected chi connectivity index (χ3v) is 6.51. The number of morpholine rings is 1. The first-order valence-corrected chi connectivity index (χ1v) is 10.3. The van der Waals surface area contributed by atoms with Crippen LogP contribution in [0.4, 0.5) is 11.8 Å². The van der Waals surface area contributed by atoms with Crippen LogP contribution in [-0.4, -0.2) is 64.2 Å². The molecule has 1 aliphatic carbocycles. The van der Waals surface area contributed by atoms with E-state index in [1.807, 2.05) is 4.90 Å². The maximum absolute atomic E-state index is 12.5. The van der Waals surface area contributed by atoms with Gasteiger partial charge in [-0.2, -0.15) is 4.98 Å². The number of hydrogen-bond donors (Lipinski definition) is 1. The second-order valence-corrected chi connectivity index (χ2v) is 8.50. The maximum Gasteiger partial charge on any atom is 0.236 e. The van der Waals surface area contributed by atoms with Crippen molar-refractivity contribution < 1.29 is 22.6 Å². The summed E-state index contributed by atoms with van der Waals surface area (Å²) >= 11 is 0. The molecule has 0 radical (unpaired) electrons. The lowest BCUT2D eigenvalue weighted by Crippen LogP contribution is -2.37. The molecule has 2 heterocycles. The first-order valence-electron chi connectivity index (χ1n) is 8.80. The molecular formula is C17H22N4O5S. The van der Waals surface area contributed by atoms with Crippen LogP contribution in [0.5, 0.6) is 11.5 Å². The van der Waals surface area contributed by atoms with Gasteiger partial charge in [0.25, 0.3) is 0 Å². The molecule has 1 saturated carbocycles. The fourth-order valence-electron chi connectivity index (χ4n) is 3.02. The topological polar surface area (TPSA) is 103 Å². The number of rotatable bonds is 6. The molecule has 2 fully saturated rings. The average molecular weight is 394 g/mol. The van der Waals surface area contributed by atoms with E-state index in [0.29, 0.717) is 67.5 Å². The highest BCUT2D eigenvalue weighted by Gasteiger charge is 2.36. The van der Waals surface area contributed by atoms with Crippen molar-refractivity contribution in [2.75, 3.05) is 50.1 Å². The number of benzene rings is 1. The Balaban J connectivity index is 1.85. The molecule has 9 nitrogen and oxygen atoms in total. The molecule has 10 heteroatoms. The Morgan fingerprint density at radius 1 is 1.11 bits per heavy atom. The van der Waals surface area contributed by atoms with E-state index in [2.05, 4.69) is 14.7 Å². The zero-order chi connectivity index (χ0) is 19.0. The van der Waals surface area contributed by atoms with E-state index >= 15 is 0 Å². The van der Waals surface area contributed by atoms with Crippen LogP contribution in [0.25, 0.3) is 10.9 Å². The van der Waals surface area contributed by atoms with Crippen LogP contribution in [0.1, 0.15) is 12.8 Å². The molecule has 4 rings (SSSR count). The minimum atomic E-state index is -3.47. The quantitative estimate of drug-likeness (QED) is 0.784. The van der Waals surface area contributed by atoms with E-state index in [1.54, 1.807) is 19.2 Å². The van der Waals surface area contributed by atoms with E-state index in [4.69, 9.17) is 14.2 Å². The molecule has 1 aromatic heterocycles. The summed E-state index contributed by atoms with van der Waals surface area (Å²) in [5, 5.41) is 0.211. The highest BCUT2D eigenvalue weighted by Crippen LogP contribution is 2.37. The van der Waals surface area contributed by atoms with Gasteiger partial charge in [0.1, 0.15) is 0 Å². The highest BCUT2D eigenvalue weighted by molar-refractivity contribution is 7.93. The predicted octanol–water partition coefficient (Wildman–Crippen LogP) is 1.39. The second kappa shape index (κ2) is 7.01. The maximum atomic E-state index is 12.5. The summed E-state index contributed by atoms with van der Waals surface area (Å²) in [5.41, 5.74) is 0.581. The van der Waals surface area contributed by atoms with Crippen molar-refractivity contribution >= 4 is 32.7 Å². The minimum Gasteiger partial charge on any atom is -0.493 e. The van der Waals surface area contributed by atoms with E-state index in [0.717, 1.165) is 0 Å². The molecule has 1 N–H and O–H groups in total.